The van der Waals surface area contributed by atoms with Gasteiger partial charge in [-0.3, -0.25) is 0 Å². The van der Waals surface area contributed by atoms with E-state index in [1.165, 1.54) is 47.3 Å². The fourth-order valence-electron chi connectivity index (χ4n) is 7.23. The molecular formula is C15H22. The Kier molecular flexibility index (Phi) is 1.34. The molecule has 0 nitrogen and oxygen atoms in total. The molecule has 5 saturated carbocycles. The molecule has 5 fully saturated rings. The first-order chi connectivity index (χ1) is 7.45. The second-order valence-electron chi connectivity index (χ2n) is 7.25. The lowest BCUT2D eigenvalue weighted by molar-refractivity contribution is -0.0606. The molecule has 0 amide bonds. The SMILES string of the molecule is C1CC2CC3C(C1)C2C1C2CCCC2C31. The molecule has 4 bridgehead atoms. The van der Waals surface area contributed by atoms with E-state index in [0.29, 0.717) is 0 Å². The van der Waals surface area contributed by atoms with Gasteiger partial charge in [0.1, 0.15) is 0 Å². The van der Waals surface area contributed by atoms with Crippen molar-refractivity contribution in [3.8, 4) is 0 Å². The molecule has 15 heavy (non-hydrogen) atoms. The summed E-state index contributed by atoms with van der Waals surface area (Å²) in [6.45, 7) is 0. The Balaban J connectivity index is 1.57. The maximum absolute atomic E-state index is 1.67. The average Bonchev–Trinajstić information content (AvgIpc) is 2.79. The van der Waals surface area contributed by atoms with Crippen molar-refractivity contribution in [1.29, 1.82) is 0 Å². The minimum Gasteiger partial charge on any atom is -0.0527 e. The summed E-state index contributed by atoms with van der Waals surface area (Å²) in [5.41, 5.74) is 0. The molecule has 0 aromatic carbocycles. The maximum Gasteiger partial charge on any atom is -0.0315 e. The highest BCUT2D eigenvalue weighted by Crippen LogP contribution is 2.75. The minimum atomic E-state index is 1.21. The van der Waals surface area contributed by atoms with E-state index in [1.54, 1.807) is 44.9 Å². The van der Waals surface area contributed by atoms with Crippen LogP contribution in [0.4, 0.5) is 0 Å². The van der Waals surface area contributed by atoms with Crippen molar-refractivity contribution in [3.05, 3.63) is 0 Å². The minimum absolute atomic E-state index is 1.21. The van der Waals surface area contributed by atoms with Crippen LogP contribution in [0.25, 0.3) is 0 Å². The second kappa shape index (κ2) is 2.46. The van der Waals surface area contributed by atoms with Crippen molar-refractivity contribution >= 4 is 0 Å². The lowest BCUT2D eigenvalue weighted by Crippen LogP contribution is -2.49. The zero-order valence-corrected chi connectivity index (χ0v) is 9.57. The molecule has 8 unspecified atom stereocenters. The van der Waals surface area contributed by atoms with Crippen LogP contribution in [0.3, 0.4) is 0 Å². The van der Waals surface area contributed by atoms with Gasteiger partial charge in [-0.1, -0.05) is 19.3 Å². The molecule has 8 atom stereocenters. The smallest absolute Gasteiger partial charge is 0.0315 e. The van der Waals surface area contributed by atoms with Crippen molar-refractivity contribution in [1.82, 2.24) is 0 Å². The average molecular weight is 202 g/mol. The van der Waals surface area contributed by atoms with Gasteiger partial charge in [-0.05, 0) is 73.0 Å². The van der Waals surface area contributed by atoms with Gasteiger partial charge in [-0.2, -0.15) is 0 Å². The van der Waals surface area contributed by atoms with Crippen molar-refractivity contribution in [2.45, 2.75) is 44.9 Å². The van der Waals surface area contributed by atoms with Crippen LogP contribution in [0, 0.1) is 47.3 Å². The predicted molar refractivity (Wildman–Crippen MR) is 60.2 cm³/mol. The molecule has 0 aromatic rings. The van der Waals surface area contributed by atoms with Gasteiger partial charge in [0.2, 0.25) is 0 Å². The van der Waals surface area contributed by atoms with Gasteiger partial charge in [0.25, 0.3) is 0 Å². The highest BCUT2D eigenvalue weighted by molar-refractivity contribution is 5.17. The molecular weight excluding hydrogens is 180 g/mol. The van der Waals surface area contributed by atoms with Crippen molar-refractivity contribution in [2.75, 3.05) is 0 Å². The topological polar surface area (TPSA) is 0 Å². The molecule has 0 saturated heterocycles. The maximum atomic E-state index is 1.67. The van der Waals surface area contributed by atoms with Crippen LogP contribution in [-0.2, 0) is 0 Å². The summed E-state index contributed by atoms with van der Waals surface area (Å²) in [7, 11) is 0. The predicted octanol–water partition coefficient (Wildman–Crippen LogP) is 3.71. The molecule has 0 N–H and O–H groups in total. The largest absolute Gasteiger partial charge is 0.0527 e. The van der Waals surface area contributed by atoms with Gasteiger partial charge in [0, 0.05) is 0 Å². The molecule has 0 spiro atoms. The Morgan fingerprint density at radius 1 is 0.533 bits per heavy atom. The Hall–Kier alpha value is 0. The van der Waals surface area contributed by atoms with E-state index in [2.05, 4.69) is 0 Å². The van der Waals surface area contributed by atoms with Crippen LogP contribution >= 0.6 is 0 Å². The van der Waals surface area contributed by atoms with E-state index in [1.807, 2.05) is 0 Å². The highest BCUT2D eigenvalue weighted by Gasteiger charge is 2.69. The van der Waals surface area contributed by atoms with E-state index in [-0.39, 0.29) is 0 Å². The van der Waals surface area contributed by atoms with Gasteiger partial charge in [0.15, 0.2) is 0 Å². The first-order valence-electron chi connectivity index (χ1n) is 7.45. The molecule has 5 aliphatic carbocycles. The van der Waals surface area contributed by atoms with Gasteiger partial charge < -0.3 is 0 Å². The van der Waals surface area contributed by atoms with Crippen LogP contribution in [-0.4, -0.2) is 0 Å². The molecule has 0 aromatic heterocycles. The van der Waals surface area contributed by atoms with E-state index < -0.39 is 0 Å². The Morgan fingerprint density at radius 2 is 1.20 bits per heavy atom. The number of fused-ring (bicyclic) bond motifs is 5. The first-order valence-corrected chi connectivity index (χ1v) is 7.45. The normalized spacial score (nSPS) is 68.8. The molecule has 5 aliphatic rings. The van der Waals surface area contributed by atoms with Gasteiger partial charge in [-0.25, -0.2) is 0 Å². The lowest BCUT2D eigenvalue weighted by atomic mass is 9.51. The zero-order valence-electron chi connectivity index (χ0n) is 9.57. The molecule has 82 valence electrons. The summed E-state index contributed by atoms with van der Waals surface area (Å²) in [6.07, 6.45) is 11.3. The molecule has 5 rings (SSSR count). The van der Waals surface area contributed by atoms with E-state index >= 15 is 0 Å². The van der Waals surface area contributed by atoms with Crippen LogP contribution in [0.15, 0.2) is 0 Å². The third-order valence-corrected chi connectivity index (χ3v) is 7.27. The first kappa shape index (κ1) is 8.14. The summed E-state index contributed by atoms with van der Waals surface area (Å²) in [4.78, 5) is 0. The van der Waals surface area contributed by atoms with Crippen LogP contribution in [0.1, 0.15) is 44.9 Å². The summed E-state index contributed by atoms with van der Waals surface area (Å²) in [6, 6.07) is 0. The van der Waals surface area contributed by atoms with Gasteiger partial charge in [0.05, 0.1) is 0 Å². The summed E-state index contributed by atoms with van der Waals surface area (Å²) >= 11 is 0. The zero-order chi connectivity index (χ0) is 9.57. The standard InChI is InChI=1S/C15H22/c1-3-8-7-12-11(4-1)13(8)15-10-6-2-5-9(10)14(12)15/h8-15H,1-7H2. The number of hydrogen-bond donors (Lipinski definition) is 0. The van der Waals surface area contributed by atoms with Crippen molar-refractivity contribution < 1.29 is 0 Å². The summed E-state index contributed by atoms with van der Waals surface area (Å²) < 4.78 is 0. The molecule has 0 heterocycles. The summed E-state index contributed by atoms with van der Waals surface area (Å²) in [5.74, 6) is 9.87. The van der Waals surface area contributed by atoms with E-state index in [4.69, 9.17) is 0 Å². The van der Waals surface area contributed by atoms with Crippen LogP contribution in [0.5, 0.6) is 0 Å². The third kappa shape index (κ3) is 0.746. The van der Waals surface area contributed by atoms with Crippen LogP contribution in [0.2, 0.25) is 0 Å². The van der Waals surface area contributed by atoms with Crippen LogP contribution < -0.4 is 0 Å². The fourth-order valence-corrected chi connectivity index (χ4v) is 7.23. The van der Waals surface area contributed by atoms with E-state index in [0.717, 1.165) is 0 Å². The quantitative estimate of drug-likeness (QED) is 0.561. The summed E-state index contributed by atoms with van der Waals surface area (Å²) in [5, 5.41) is 0. The molecule has 0 heteroatoms. The van der Waals surface area contributed by atoms with Crippen molar-refractivity contribution in [3.63, 3.8) is 0 Å². The second-order valence-corrected chi connectivity index (χ2v) is 7.25. The fraction of sp³-hybridized carbons (Fsp3) is 1.00. The molecule has 0 radical (unpaired) electrons. The van der Waals surface area contributed by atoms with Crippen molar-refractivity contribution in [2.24, 2.45) is 47.3 Å². The lowest BCUT2D eigenvalue weighted by Gasteiger charge is -2.54. The van der Waals surface area contributed by atoms with Gasteiger partial charge >= 0.3 is 0 Å². The number of rotatable bonds is 0. The van der Waals surface area contributed by atoms with Gasteiger partial charge in [-0.15, -0.1) is 0 Å². The third-order valence-electron chi connectivity index (χ3n) is 7.27. The molecule has 0 aliphatic heterocycles. The monoisotopic (exact) mass is 202 g/mol. The highest BCUT2D eigenvalue weighted by atomic mass is 14.7. The number of hydrogen-bond acceptors (Lipinski definition) is 0. The van der Waals surface area contributed by atoms with E-state index in [9.17, 15) is 0 Å². The Labute approximate surface area is 92.8 Å². The Bertz CT molecular complexity index is 307. The Morgan fingerprint density at radius 3 is 2.07 bits per heavy atom.